The van der Waals surface area contributed by atoms with Crippen molar-refractivity contribution in [1.29, 1.82) is 0 Å². The van der Waals surface area contributed by atoms with Gasteiger partial charge in [0.15, 0.2) is 0 Å². The molecule has 0 aliphatic carbocycles. The number of carbonyl (C=O) groups excluding carboxylic acids is 1. The highest BCUT2D eigenvalue weighted by Crippen LogP contribution is 2.20. The molecule has 2 aliphatic heterocycles. The molecular weight excluding hydrogens is 230 g/mol. The second-order valence-electron chi connectivity index (χ2n) is 5.71. The van der Waals surface area contributed by atoms with Crippen molar-refractivity contribution in [3.05, 3.63) is 0 Å². The van der Waals surface area contributed by atoms with E-state index in [0.717, 1.165) is 26.2 Å². The summed E-state index contributed by atoms with van der Waals surface area (Å²) >= 11 is 0. The van der Waals surface area contributed by atoms with Gasteiger partial charge in [-0.25, -0.2) is 0 Å². The van der Waals surface area contributed by atoms with E-state index in [1.54, 1.807) is 0 Å². The molecule has 2 aliphatic rings. The molecule has 0 aromatic heterocycles. The van der Waals surface area contributed by atoms with Gasteiger partial charge in [0.1, 0.15) is 0 Å². The van der Waals surface area contributed by atoms with Crippen LogP contribution in [0.4, 0.5) is 0 Å². The molecular formula is C13H25N3O2. The molecule has 2 rings (SSSR count). The van der Waals surface area contributed by atoms with E-state index < -0.39 is 0 Å². The Morgan fingerprint density at radius 1 is 1.33 bits per heavy atom. The lowest BCUT2D eigenvalue weighted by Crippen LogP contribution is -2.50. The summed E-state index contributed by atoms with van der Waals surface area (Å²) in [5, 5.41) is 0. The van der Waals surface area contributed by atoms with Crippen molar-refractivity contribution in [3.63, 3.8) is 0 Å². The van der Waals surface area contributed by atoms with Crippen LogP contribution in [0.5, 0.6) is 0 Å². The summed E-state index contributed by atoms with van der Waals surface area (Å²) in [6.45, 7) is 8.67. The van der Waals surface area contributed by atoms with Gasteiger partial charge in [0.05, 0.1) is 18.8 Å². The zero-order valence-electron chi connectivity index (χ0n) is 11.5. The van der Waals surface area contributed by atoms with E-state index in [4.69, 9.17) is 10.5 Å². The Morgan fingerprint density at radius 2 is 2.00 bits per heavy atom. The van der Waals surface area contributed by atoms with Crippen LogP contribution < -0.4 is 5.73 Å². The molecule has 0 aromatic rings. The third-order valence-electron chi connectivity index (χ3n) is 3.82. The van der Waals surface area contributed by atoms with E-state index in [9.17, 15) is 4.79 Å². The molecule has 5 nitrogen and oxygen atoms in total. The first-order valence-electron chi connectivity index (χ1n) is 6.94. The van der Waals surface area contributed by atoms with Gasteiger partial charge in [-0.2, -0.15) is 0 Å². The molecule has 3 atom stereocenters. The Kier molecular flexibility index (Phi) is 4.59. The summed E-state index contributed by atoms with van der Waals surface area (Å²) in [6, 6.07) is 0.481. The number of morpholine rings is 1. The van der Waals surface area contributed by atoms with Gasteiger partial charge in [0, 0.05) is 25.7 Å². The lowest BCUT2D eigenvalue weighted by molar-refractivity contribution is -0.119. The van der Waals surface area contributed by atoms with E-state index in [0.29, 0.717) is 24.8 Å². The van der Waals surface area contributed by atoms with E-state index in [-0.39, 0.29) is 5.91 Å². The van der Waals surface area contributed by atoms with Crippen molar-refractivity contribution in [3.8, 4) is 0 Å². The van der Waals surface area contributed by atoms with Crippen molar-refractivity contribution in [2.75, 3.05) is 32.7 Å². The van der Waals surface area contributed by atoms with E-state index in [1.807, 2.05) is 0 Å². The molecule has 2 heterocycles. The van der Waals surface area contributed by atoms with Crippen molar-refractivity contribution >= 4 is 5.91 Å². The number of nitrogens with two attached hydrogens (primary N) is 1. The SMILES string of the molecule is C[C@@H]1CN(C[C@@H]2CCCN2CC(N)=O)C[C@@H](C)O1. The summed E-state index contributed by atoms with van der Waals surface area (Å²) in [7, 11) is 0. The first-order chi connectivity index (χ1) is 8.54. The predicted molar refractivity (Wildman–Crippen MR) is 70.2 cm³/mol. The number of primary amides is 1. The van der Waals surface area contributed by atoms with Crippen molar-refractivity contribution in [2.45, 2.75) is 44.9 Å². The molecule has 18 heavy (non-hydrogen) atoms. The van der Waals surface area contributed by atoms with Crippen LogP contribution in [-0.4, -0.2) is 66.7 Å². The first-order valence-corrected chi connectivity index (χ1v) is 6.94. The summed E-state index contributed by atoms with van der Waals surface area (Å²) in [5.41, 5.74) is 5.30. The van der Waals surface area contributed by atoms with Gasteiger partial charge in [-0.3, -0.25) is 14.6 Å². The molecule has 0 unspecified atom stereocenters. The maximum atomic E-state index is 11.0. The van der Waals surface area contributed by atoms with Gasteiger partial charge in [-0.05, 0) is 33.2 Å². The second-order valence-corrected chi connectivity index (χ2v) is 5.71. The molecule has 0 radical (unpaired) electrons. The average Bonchev–Trinajstić information content (AvgIpc) is 2.63. The number of ether oxygens (including phenoxy) is 1. The monoisotopic (exact) mass is 255 g/mol. The summed E-state index contributed by atoms with van der Waals surface area (Å²) in [4.78, 5) is 15.7. The van der Waals surface area contributed by atoms with Gasteiger partial charge < -0.3 is 10.5 Å². The van der Waals surface area contributed by atoms with Crippen LogP contribution in [-0.2, 0) is 9.53 Å². The summed E-state index contributed by atoms with van der Waals surface area (Å²) < 4.78 is 5.74. The average molecular weight is 255 g/mol. The smallest absolute Gasteiger partial charge is 0.231 e. The fourth-order valence-electron chi connectivity index (χ4n) is 3.24. The number of nitrogens with zero attached hydrogens (tertiary/aromatic N) is 2. The molecule has 5 heteroatoms. The van der Waals surface area contributed by atoms with Crippen LogP contribution >= 0.6 is 0 Å². The Labute approximate surface area is 109 Å². The normalized spacial score (nSPS) is 34.9. The van der Waals surface area contributed by atoms with Crippen LogP contribution in [0.25, 0.3) is 0 Å². The minimum atomic E-state index is -0.217. The maximum absolute atomic E-state index is 11.0. The van der Waals surface area contributed by atoms with Gasteiger partial charge in [-0.15, -0.1) is 0 Å². The summed E-state index contributed by atoms with van der Waals surface area (Å²) in [6.07, 6.45) is 2.96. The highest BCUT2D eigenvalue weighted by Gasteiger charge is 2.30. The predicted octanol–water partition coefficient (Wildman–Crippen LogP) is 0.0453. The minimum Gasteiger partial charge on any atom is -0.373 e. The quantitative estimate of drug-likeness (QED) is 0.771. The van der Waals surface area contributed by atoms with Crippen LogP contribution in [0, 0.1) is 0 Å². The number of amides is 1. The molecule has 0 spiro atoms. The fraction of sp³-hybridized carbons (Fsp3) is 0.923. The van der Waals surface area contributed by atoms with Crippen LogP contribution in [0.2, 0.25) is 0 Å². The topological polar surface area (TPSA) is 58.8 Å². The van der Waals surface area contributed by atoms with Crippen LogP contribution in [0.3, 0.4) is 0 Å². The molecule has 2 fully saturated rings. The number of hydrogen-bond donors (Lipinski definition) is 1. The third kappa shape index (κ3) is 3.67. The standard InChI is InChI=1S/C13H25N3O2/c1-10-6-15(7-11(2)18-10)8-12-4-3-5-16(12)9-13(14)17/h10-12H,3-9H2,1-2H3,(H2,14,17)/t10-,11-,12+/m1/s1. The Morgan fingerprint density at radius 3 is 2.61 bits per heavy atom. The summed E-state index contributed by atoms with van der Waals surface area (Å²) in [5.74, 6) is -0.217. The molecule has 0 saturated carbocycles. The number of likely N-dealkylation sites (tertiary alicyclic amines) is 1. The molecule has 2 N–H and O–H groups in total. The van der Waals surface area contributed by atoms with Crippen molar-refractivity contribution in [2.24, 2.45) is 5.73 Å². The van der Waals surface area contributed by atoms with Crippen LogP contribution in [0.15, 0.2) is 0 Å². The lowest BCUT2D eigenvalue weighted by atomic mass is 10.1. The van der Waals surface area contributed by atoms with Crippen LogP contribution in [0.1, 0.15) is 26.7 Å². The first kappa shape index (κ1) is 13.8. The number of hydrogen-bond acceptors (Lipinski definition) is 4. The highest BCUT2D eigenvalue weighted by molar-refractivity contribution is 5.76. The molecule has 104 valence electrons. The van der Waals surface area contributed by atoms with Gasteiger partial charge in [0.25, 0.3) is 0 Å². The molecule has 2 saturated heterocycles. The number of carbonyl (C=O) groups is 1. The Balaban J connectivity index is 1.85. The van der Waals surface area contributed by atoms with E-state index in [1.165, 1.54) is 12.8 Å². The van der Waals surface area contributed by atoms with Gasteiger partial charge in [0.2, 0.25) is 5.91 Å². The van der Waals surface area contributed by atoms with Crippen molar-refractivity contribution < 1.29 is 9.53 Å². The van der Waals surface area contributed by atoms with Crippen molar-refractivity contribution in [1.82, 2.24) is 9.80 Å². The molecule has 1 amide bonds. The largest absolute Gasteiger partial charge is 0.373 e. The van der Waals surface area contributed by atoms with E-state index in [2.05, 4.69) is 23.6 Å². The lowest BCUT2D eigenvalue weighted by Gasteiger charge is -2.38. The third-order valence-corrected chi connectivity index (χ3v) is 3.82. The van der Waals surface area contributed by atoms with Gasteiger partial charge in [-0.1, -0.05) is 0 Å². The maximum Gasteiger partial charge on any atom is 0.231 e. The second kappa shape index (κ2) is 5.99. The zero-order chi connectivity index (χ0) is 13.1. The fourth-order valence-corrected chi connectivity index (χ4v) is 3.24. The Hall–Kier alpha value is -0.650. The molecule has 0 aromatic carbocycles. The zero-order valence-corrected chi connectivity index (χ0v) is 11.5. The number of rotatable bonds is 4. The minimum absolute atomic E-state index is 0.217. The van der Waals surface area contributed by atoms with Gasteiger partial charge >= 0.3 is 0 Å². The van der Waals surface area contributed by atoms with E-state index >= 15 is 0 Å². The Bertz CT molecular complexity index is 288. The highest BCUT2D eigenvalue weighted by atomic mass is 16.5. The molecule has 0 bridgehead atoms.